The lowest BCUT2D eigenvalue weighted by molar-refractivity contribution is 0.0909. The van der Waals surface area contributed by atoms with Crippen molar-refractivity contribution >= 4 is 29.5 Å². The minimum absolute atomic E-state index is 0.140. The third-order valence-electron chi connectivity index (χ3n) is 4.07. The second-order valence-electron chi connectivity index (χ2n) is 6.06. The number of rotatable bonds is 10. The van der Waals surface area contributed by atoms with Crippen molar-refractivity contribution in [3.63, 3.8) is 0 Å². The standard InChI is InChI=1S/C21H23N2O3S/c22-13-7-6-12-19(20(24)18-11-5-4-10-17(18)15-27)23-21(25)26-14-16-8-2-1-3-9-16/h1-5,8-11,19H,6-7,12-14,22H2,(H,23,25)/t19-/m0/s1. The summed E-state index contributed by atoms with van der Waals surface area (Å²) in [4.78, 5) is 25.1. The van der Waals surface area contributed by atoms with Gasteiger partial charge in [-0.3, -0.25) is 4.79 Å². The lowest BCUT2D eigenvalue weighted by atomic mass is 9.96. The molecule has 141 valence electrons. The number of thiocarbonyl (C=S) groups is 1. The summed E-state index contributed by atoms with van der Waals surface area (Å²) in [6, 6.07) is 15.6. The van der Waals surface area contributed by atoms with Crippen molar-refractivity contribution in [1.82, 2.24) is 5.32 Å². The molecule has 1 atom stereocenters. The fourth-order valence-electron chi connectivity index (χ4n) is 2.64. The van der Waals surface area contributed by atoms with Crippen LogP contribution in [0, 0.1) is 0 Å². The number of nitrogens with two attached hydrogens (primary N) is 1. The predicted molar refractivity (Wildman–Crippen MR) is 109 cm³/mol. The van der Waals surface area contributed by atoms with Gasteiger partial charge in [0.15, 0.2) is 5.78 Å². The maximum absolute atomic E-state index is 12.9. The van der Waals surface area contributed by atoms with E-state index in [1.165, 1.54) is 0 Å². The Morgan fingerprint density at radius 3 is 2.48 bits per heavy atom. The highest BCUT2D eigenvalue weighted by atomic mass is 32.1. The van der Waals surface area contributed by atoms with E-state index < -0.39 is 12.1 Å². The van der Waals surface area contributed by atoms with Gasteiger partial charge in [0.1, 0.15) is 6.61 Å². The summed E-state index contributed by atoms with van der Waals surface area (Å²) in [5, 5.41) is 5.28. The first kappa shape index (κ1) is 20.7. The van der Waals surface area contributed by atoms with Crippen LogP contribution in [0.4, 0.5) is 4.79 Å². The number of hydrogen-bond donors (Lipinski definition) is 2. The van der Waals surface area contributed by atoms with E-state index in [0.717, 1.165) is 18.4 Å². The summed E-state index contributed by atoms with van der Waals surface area (Å²) in [5.41, 5.74) is 7.40. The molecule has 0 unspecified atom stereocenters. The van der Waals surface area contributed by atoms with Crippen LogP contribution in [0.15, 0.2) is 54.6 Å². The van der Waals surface area contributed by atoms with Gasteiger partial charge < -0.3 is 15.8 Å². The Morgan fingerprint density at radius 2 is 1.78 bits per heavy atom. The molecule has 5 nitrogen and oxygen atoms in total. The van der Waals surface area contributed by atoms with E-state index in [1.807, 2.05) is 30.3 Å². The Morgan fingerprint density at radius 1 is 1.07 bits per heavy atom. The van der Waals surface area contributed by atoms with E-state index >= 15 is 0 Å². The number of hydrogen-bond acceptors (Lipinski definition) is 5. The molecule has 1 amide bonds. The number of carbonyl (C=O) groups excluding carboxylic acids is 2. The van der Waals surface area contributed by atoms with Gasteiger partial charge >= 0.3 is 6.09 Å². The highest BCUT2D eigenvalue weighted by Crippen LogP contribution is 2.14. The monoisotopic (exact) mass is 383 g/mol. The topological polar surface area (TPSA) is 81.4 Å². The largest absolute Gasteiger partial charge is 0.445 e. The fraction of sp³-hybridized carbons (Fsp3) is 0.286. The van der Waals surface area contributed by atoms with Crippen molar-refractivity contribution in [3.05, 3.63) is 71.3 Å². The number of unbranched alkanes of at least 4 members (excludes halogenated alkanes) is 1. The summed E-state index contributed by atoms with van der Waals surface area (Å²) < 4.78 is 5.24. The molecule has 0 spiro atoms. The van der Waals surface area contributed by atoms with Gasteiger partial charge in [0.05, 0.1) is 11.4 Å². The second-order valence-corrected chi connectivity index (χ2v) is 6.26. The molecule has 0 aliphatic heterocycles. The number of Topliss-reactive ketones (excluding diaryl/α,β-unsaturated/α-hetero) is 1. The smallest absolute Gasteiger partial charge is 0.408 e. The van der Waals surface area contributed by atoms with Crippen LogP contribution in [0.1, 0.15) is 40.7 Å². The van der Waals surface area contributed by atoms with Crippen molar-refractivity contribution < 1.29 is 14.3 Å². The van der Waals surface area contributed by atoms with Crippen LogP contribution < -0.4 is 11.1 Å². The molecule has 27 heavy (non-hydrogen) atoms. The number of ether oxygens (including phenoxy) is 1. The zero-order valence-corrected chi connectivity index (χ0v) is 15.8. The van der Waals surface area contributed by atoms with Crippen molar-refractivity contribution in [1.29, 1.82) is 0 Å². The molecule has 0 aromatic heterocycles. The molecular formula is C21H23N2O3S. The SMILES string of the molecule is NCCCC[C@H](NC(=O)OCc1ccccc1)C(=O)c1ccccc1[C]=S. The van der Waals surface area contributed by atoms with E-state index in [0.29, 0.717) is 24.1 Å². The zero-order valence-electron chi connectivity index (χ0n) is 15.0. The Bertz CT molecular complexity index is 765. The van der Waals surface area contributed by atoms with Gasteiger partial charge in [0.25, 0.3) is 0 Å². The summed E-state index contributed by atoms with van der Waals surface area (Å²) in [6.45, 7) is 0.671. The minimum atomic E-state index is -0.704. The molecule has 3 N–H and O–H groups in total. The number of alkyl carbamates (subject to hydrolysis) is 1. The number of benzene rings is 2. The molecule has 0 fully saturated rings. The summed E-state index contributed by atoms with van der Waals surface area (Å²) in [6.07, 6.45) is 1.33. The fourth-order valence-corrected chi connectivity index (χ4v) is 2.82. The Labute approximate surface area is 164 Å². The third-order valence-corrected chi connectivity index (χ3v) is 4.29. The molecular weight excluding hydrogens is 360 g/mol. The van der Waals surface area contributed by atoms with E-state index in [2.05, 4.69) is 10.7 Å². The molecule has 1 radical (unpaired) electrons. The van der Waals surface area contributed by atoms with Crippen LogP contribution in [0.2, 0.25) is 0 Å². The van der Waals surface area contributed by atoms with Gasteiger partial charge in [-0.1, -0.05) is 66.8 Å². The quantitative estimate of drug-likeness (QED) is 0.373. The minimum Gasteiger partial charge on any atom is -0.445 e. The number of ketones is 1. The van der Waals surface area contributed by atoms with Gasteiger partial charge in [0.2, 0.25) is 0 Å². The lowest BCUT2D eigenvalue weighted by Crippen LogP contribution is -2.41. The van der Waals surface area contributed by atoms with Crippen LogP contribution in [-0.2, 0) is 11.3 Å². The summed E-state index contributed by atoms with van der Waals surface area (Å²) in [7, 11) is 0. The molecule has 2 aromatic rings. The van der Waals surface area contributed by atoms with Gasteiger partial charge in [-0.05, 0) is 31.4 Å². The number of nitrogens with one attached hydrogen (secondary N) is 1. The highest BCUT2D eigenvalue weighted by molar-refractivity contribution is 7.79. The Kier molecular flexibility index (Phi) is 8.61. The summed E-state index contributed by atoms with van der Waals surface area (Å²) in [5.74, 6) is -0.211. The first-order valence-electron chi connectivity index (χ1n) is 8.84. The molecule has 2 aromatic carbocycles. The van der Waals surface area contributed by atoms with Gasteiger partial charge in [-0.25, -0.2) is 4.79 Å². The van der Waals surface area contributed by atoms with Crippen LogP contribution in [0.5, 0.6) is 0 Å². The van der Waals surface area contributed by atoms with E-state index in [1.54, 1.807) is 24.3 Å². The molecule has 2 rings (SSSR count). The summed E-state index contributed by atoms with van der Waals surface area (Å²) >= 11 is 4.87. The van der Waals surface area contributed by atoms with Crippen molar-refractivity contribution in [2.75, 3.05) is 6.54 Å². The molecule has 0 bridgehead atoms. The average Bonchev–Trinajstić information content (AvgIpc) is 2.72. The zero-order chi connectivity index (χ0) is 19.5. The first-order valence-corrected chi connectivity index (χ1v) is 9.25. The van der Waals surface area contributed by atoms with Crippen LogP contribution in [-0.4, -0.2) is 29.8 Å². The van der Waals surface area contributed by atoms with Gasteiger partial charge in [-0.2, -0.15) is 0 Å². The Hall–Kier alpha value is -2.57. The molecule has 0 aliphatic rings. The first-order chi connectivity index (χ1) is 13.2. The number of amides is 1. The predicted octanol–water partition coefficient (Wildman–Crippen LogP) is 3.52. The van der Waals surface area contributed by atoms with E-state index in [4.69, 9.17) is 22.7 Å². The van der Waals surface area contributed by atoms with Crippen LogP contribution >= 0.6 is 12.2 Å². The second kappa shape index (κ2) is 11.2. The maximum atomic E-state index is 12.9. The molecule has 0 aliphatic carbocycles. The number of carbonyl (C=O) groups is 2. The lowest BCUT2D eigenvalue weighted by Gasteiger charge is -2.18. The Balaban J connectivity index is 2.05. The normalized spacial score (nSPS) is 11.4. The third kappa shape index (κ3) is 6.58. The molecule has 0 heterocycles. The molecule has 0 saturated heterocycles. The van der Waals surface area contributed by atoms with Gasteiger partial charge in [-0.15, -0.1) is 0 Å². The van der Waals surface area contributed by atoms with Gasteiger partial charge in [0, 0.05) is 11.1 Å². The van der Waals surface area contributed by atoms with Crippen molar-refractivity contribution in [2.45, 2.75) is 31.9 Å². The van der Waals surface area contributed by atoms with Crippen molar-refractivity contribution in [3.8, 4) is 0 Å². The van der Waals surface area contributed by atoms with Crippen molar-refractivity contribution in [2.24, 2.45) is 5.73 Å². The molecule has 6 heteroatoms. The van der Waals surface area contributed by atoms with Crippen LogP contribution in [0.25, 0.3) is 0 Å². The van der Waals surface area contributed by atoms with E-state index in [9.17, 15) is 9.59 Å². The molecule has 0 saturated carbocycles. The highest BCUT2D eigenvalue weighted by Gasteiger charge is 2.24. The van der Waals surface area contributed by atoms with Crippen LogP contribution in [0.3, 0.4) is 0 Å². The maximum Gasteiger partial charge on any atom is 0.408 e. The average molecular weight is 383 g/mol. The van der Waals surface area contributed by atoms with E-state index in [-0.39, 0.29) is 12.4 Å².